The third-order valence-electron chi connectivity index (χ3n) is 1.88. The normalized spacial score (nSPS) is 11.9. The van der Waals surface area contributed by atoms with Crippen molar-refractivity contribution in [2.75, 3.05) is 5.32 Å². The molecule has 0 fully saturated rings. The number of carboxylic acid groups (broad SMARTS) is 1. The van der Waals surface area contributed by atoms with Gasteiger partial charge in [0.05, 0.1) is 16.6 Å². The quantitative estimate of drug-likeness (QED) is 0.745. The molecule has 0 aliphatic heterocycles. The van der Waals surface area contributed by atoms with E-state index in [-0.39, 0.29) is 10.6 Å². The van der Waals surface area contributed by atoms with Crippen LogP contribution in [0.1, 0.15) is 17.3 Å². The van der Waals surface area contributed by atoms with E-state index in [4.69, 9.17) is 22.4 Å². The van der Waals surface area contributed by atoms with Gasteiger partial charge in [0.1, 0.15) is 0 Å². The number of hydrogen-bond acceptors (Lipinski definition) is 3. The van der Waals surface area contributed by atoms with Crippen LogP contribution in [0.4, 0.5) is 5.69 Å². The maximum Gasteiger partial charge on any atom is 0.337 e. The monoisotopic (exact) mass is 242 g/mol. The van der Waals surface area contributed by atoms with Gasteiger partial charge in [-0.1, -0.05) is 11.6 Å². The molecular formula is C10H11ClN2O3. The highest BCUT2D eigenvalue weighted by molar-refractivity contribution is 6.33. The Morgan fingerprint density at radius 3 is 2.62 bits per heavy atom. The number of carbonyl (C=O) groups is 2. The predicted molar refractivity (Wildman–Crippen MR) is 60.7 cm³/mol. The number of rotatable bonds is 3. The number of hydrogen-bond donors (Lipinski definition) is 3. The molecule has 0 heterocycles. The van der Waals surface area contributed by atoms with Crippen molar-refractivity contribution in [3.8, 4) is 0 Å². The van der Waals surface area contributed by atoms with E-state index < -0.39 is 17.9 Å². The molecule has 0 saturated carbocycles. The summed E-state index contributed by atoms with van der Waals surface area (Å²) in [7, 11) is 0. The first kappa shape index (κ1) is 12.5. The van der Waals surface area contributed by atoms with E-state index in [1.54, 1.807) is 0 Å². The molecule has 0 spiro atoms. The van der Waals surface area contributed by atoms with Crippen LogP contribution in [0.5, 0.6) is 0 Å². The zero-order valence-electron chi connectivity index (χ0n) is 8.53. The van der Waals surface area contributed by atoms with Gasteiger partial charge in [-0.3, -0.25) is 4.79 Å². The van der Waals surface area contributed by atoms with Gasteiger partial charge in [-0.25, -0.2) is 4.79 Å². The number of anilines is 1. The lowest BCUT2D eigenvalue weighted by Gasteiger charge is -2.08. The lowest BCUT2D eigenvalue weighted by molar-refractivity contribution is -0.117. The number of carbonyl (C=O) groups excluding carboxylic acids is 1. The van der Waals surface area contributed by atoms with Crippen LogP contribution in [-0.4, -0.2) is 23.0 Å². The highest BCUT2D eigenvalue weighted by Crippen LogP contribution is 2.20. The Balaban J connectivity index is 2.95. The van der Waals surface area contributed by atoms with Crippen molar-refractivity contribution in [3.05, 3.63) is 28.8 Å². The lowest BCUT2D eigenvalue weighted by atomic mass is 10.2. The number of aromatic carboxylic acids is 1. The van der Waals surface area contributed by atoms with Crippen LogP contribution in [0.3, 0.4) is 0 Å². The zero-order valence-corrected chi connectivity index (χ0v) is 9.28. The maximum absolute atomic E-state index is 11.3. The van der Waals surface area contributed by atoms with Crippen molar-refractivity contribution in [2.24, 2.45) is 5.73 Å². The second-order valence-electron chi connectivity index (χ2n) is 3.28. The highest BCUT2D eigenvalue weighted by atomic mass is 35.5. The van der Waals surface area contributed by atoms with Crippen LogP contribution >= 0.6 is 11.6 Å². The average molecular weight is 243 g/mol. The third kappa shape index (κ3) is 2.95. The summed E-state index contributed by atoms with van der Waals surface area (Å²) in [6.07, 6.45) is 0. The maximum atomic E-state index is 11.3. The van der Waals surface area contributed by atoms with E-state index in [0.717, 1.165) is 0 Å². The minimum absolute atomic E-state index is 0.0656. The van der Waals surface area contributed by atoms with Crippen LogP contribution in [-0.2, 0) is 4.79 Å². The van der Waals surface area contributed by atoms with Crippen LogP contribution in [0, 0.1) is 0 Å². The summed E-state index contributed by atoms with van der Waals surface area (Å²) in [5, 5.41) is 11.4. The second-order valence-corrected chi connectivity index (χ2v) is 3.68. The molecular weight excluding hydrogens is 232 g/mol. The van der Waals surface area contributed by atoms with Crippen LogP contribution < -0.4 is 11.1 Å². The average Bonchev–Trinajstić information content (AvgIpc) is 2.20. The smallest absolute Gasteiger partial charge is 0.337 e. The molecule has 6 heteroatoms. The highest BCUT2D eigenvalue weighted by Gasteiger charge is 2.12. The van der Waals surface area contributed by atoms with Gasteiger partial charge < -0.3 is 16.2 Å². The summed E-state index contributed by atoms with van der Waals surface area (Å²) in [6, 6.07) is 3.53. The van der Waals surface area contributed by atoms with Gasteiger partial charge in [-0.2, -0.15) is 0 Å². The van der Waals surface area contributed by atoms with Crippen LogP contribution in [0.15, 0.2) is 18.2 Å². The van der Waals surface area contributed by atoms with Gasteiger partial charge in [0.25, 0.3) is 0 Å². The molecule has 0 radical (unpaired) electrons. The Labute approximate surface area is 97.2 Å². The Morgan fingerprint density at radius 2 is 2.12 bits per heavy atom. The minimum atomic E-state index is -1.15. The summed E-state index contributed by atoms with van der Waals surface area (Å²) >= 11 is 5.67. The molecule has 1 atom stereocenters. The Bertz CT molecular complexity index is 432. The molecule has 0 unspecified atom stereocenters. The molecule has 86 valence electrons. The molecule has 0 bridgehead atoms. The van der Waals surface area contributed by atoms with E-state index in [1.165, 1.54) is 25.1 Å². The summed E-state index contributed by atoms with van der Waals surface area (Å²) in [4.78, 5) is 22.0. The molecule has 0 saturated heterocycles. The molecule has 0 aromatic heterocycles. The summed E-state index contributed by atoms with van der Waals surface area (Å²) < 4.78 is 0. The summed E-state index contributed by atoms with van der Waals surface area (Å²) in [5.41, 5.74) is 5.64. The Kier molecular flexibility index (Phi) is 3.87. The van der Waals surface area contributed by atoms with Gasteiger partial charge in [0.2, 0.25) is 5.91 Å². The molecule has 1 aromatic rings. The fourth-order valence-electron chi connectivity index (χ4n) is 1.02. The zero-order chi connectivity index (χ0) is 12.3. The molecule has 1 amide bonds. The van der Waals surface area contributed by atoms with E-state index in [0.29, 0.717) is 5.69 Å². The SMILES string of the molecule is C[C@@H](N)C(=O)Nc1ccc(Cl)c(C(=O)O)c1. The largest absolute Gasteiger partial charge is 0.478 e. The first-order chi connectivity index (χ1) is 7.41. The van der Waals surface area contributed by atoms with E-state index in [9.17, 15) is 9.59 Å². The van der Waals surface area contributed by atoms with Crippen molar-refractivity contribution < 1.29 is 14.7 Å². The molecule has 4 N–H and O–H groups in total. The van der Waals surface area contributed by atoms with Crippen molar-refractivity contribution >= 4 is 29.2 Å². The van der Waals surface area contributed by atoms with Crippen molar-refractivity contribution in [1.29, 1.82) is 0 Å². The molecule has 5 nitrogen and oxygen atoms in total. The number of nitrogens with one attached hydrogen (secondary N) is 1. The predicted octanol–water partition coefficient (Wildman–Crippen LogP) is 1.32. The third-order valence-corrected chi connectivity index (χ3v) is 2.21. The molecule has 1 aromatic carbocycles. The fourth-order valence-corrected chi connectivity index (χ4v) is 1.22. The number of carboxylic acids is 1. The topological polar surface area (TPSA) is 92.4 Å². The molecule has 0 aliphatic carbocycles. The Hall–Kier alpha value is -1.59. The van der Waals surface area contributed by atoms with Gasteiger partial charge in [-0.15, -0.1) is 0 Å². The van der Waals surface area contributed by atoms with Crippen molar-refractivity contribution in [1.82, 2.24) is 0 Å². The summed E-state index contributed by atoms with van der Waals surface area (Å²) in [6.45, 7) is 1.53. The second kappa shape index (κ2) is 4.96. The van der Waals surface area contributed by atoms with Crippen LogP contribution in [0.25, 0.3) is 0 Å². The molecule has 1 rings (SSSR count). The first-order valence-corrected chi connectivity index (χ1v) is 4.89. The number of benzene rings is 1. The van der Waals surface area contributed by atoms with Gasteiger partial charge >= 0.3 is 5.97 Å². The first-order valence-electron chi connectivity index (χ1n) is 4.51. The van der Waals surface area contributed by atoms with E-state index in [1.807, 2.05) is 0 Å². The lowest BCUT2D eigenvalue weighted by Crippen LogP contribution is -2.32. The summed E-state index contributed by atoms with van der Waals surface area (Å²) in [5.74, 6) is -1.54. The number of amides is 1. The fraction of sp³-hybridized carbons (Fsp3) is 0.200. The standard InChI is InChI=1S/C10H11ClN2O3/c1-5(12)9(14)13-6-2-3-8(11)7(4-6)10(15)16/h2-5H,12H2,1H3,(H,13,14)(H,15,16)/t5-/m1/s1. The van der Waals surface area contributed by atoms with Gasteiger partial charge in [0.15, 0.2) is 0 Å². The minimum Gasteiger partial charge on any atom is -0.478 e. The number of halogens is 1. The Morgan fingerprint density at radius 1 is 1.50 bits per heavy atom. The van der Waals surface area contributed by atoms with Crippen molar-refractivity contribution in [3.63, 3.8) is 0 Å². The van der Waals surface area contributed by atoms with Gasteiger partial charge in [-0.05, 0) is 25.1 Å². The molecule has 16 heavy (non-hydrogen) atoms. The number of nitrogens with two attached hydrogens (primary N) is 1. The molecule has 0 aliphatic rings. The van der Waals surface area contributed by atoms with E-state index in [2.05, 4.69) is 5.32 Å². The van der Waals surface area contributed by atoms with Gasteiger partial charge in [0, 0.05) is 5.69 Å². The van der Waals surface area contributed by atoms with Crippen molar-refractivity contribution in [2.45, 2.75) is 13.0 Å². The van der Waals surface area contributed by atoms with E-state index >= 15 is 0 Å². The van der Waals surface area contributed by atoms with Crippen LogP contribution in [0.2, 0.25) is 5.02 Å².